The second-order valence-electron chi connectivity index (χ2n) is 3.45. The van der Waals surface area contributed by atoms with E-state index in [4.69, 9.17) is 14.3 Å². The van der Waals surface area contributed by atoms with Crippen molar-refractivity contribution in [3.63, 3.8) is 0 Å². The topological polar surface area (TPSA) is 85.5 Å². The molecule has 0 aliphatic rings. The van der Waals surface area contributed by atoms with E-state index in [9.17, 15) is 4.79 Å². The first-order valence-electron chi connectivity index (χ1n) is 5.01. The number of nitrogens with zero attached hydrogens (tertiary/aromatic N) is 2. The second-order valence-corrected chi connectivity index (χ2v) is 4.62. The van der Waals surface area contributed by atoms with E-state index in [2.05, 4.69) is 32.8 Å². The molecule has 0 atom stereocenters. The van der Waals surface area contributed by atoms with Gasteiger partial charge >= 0.3 is 5.97 Å². The van der Waals surface area contributed by atoms with E-state index in [1.54, 1.807) is 13.0 Å². The summed E-state index contributed by atoms with van der Waals surface area (Å²) in [4.78, 5) is 10.8. The van der Waals surface area contributed by atoms with Crippen LogP contribution in [0.5, 0.6) is 5.75 Å². The van der Waals surface area contributed by atoms with Gasteiger partial charge in [0.25, 0.3) is 5.89 Å². The Morgan fingerprint density at radius 3 is 2.89 bits per heavy atom. The summed E-state index contributed by atoms with van der Waals surface area (Å²) in [6.07, 6.45) is 0. The lowest BCUT2D eigenvalue weighted by Gasteiger charge is -2.06. The molecule has 1 aromatic carbocycles. The average molecular weight is 360 g/mol. The fourth-order valence-corrected chi connectivity index (χ4v) is 1.77. The lowest BCUT2D eigenvalue weighted by Crippen LogP contribution is -2.01. The third-order valence-corrected chi connectivity index (χ3v) is 2.99. The zero-order valence-electron chi connectivity index (χ0n) is 9.38. The minimum absolute atomic E-state index is 0.111. The van der Waals surface area contributed by atoms with Crippen molar-refractivity contribution in [3.05, 3.63) is 39.1 Å². The Morgan fingerprint density at radius 1 is 1.50 bits per heavy atom. The maximum absolute atomic E-state index is 10.8. The predicted molar refractivity (Wildman–Crippen MR) is 69.5 cm³/mol. The minimum atomic E-state index is -0.995. The number of aromatic nitrogens is 2. The summed E-state index contributed by atoms with van der Waals surface area (Å²) < 4.78 is 11.4. The van der Waals surface area contributed by atoms with Crippen LogP contribution in [0.1, 0.15) is 22.1 Å². The first-order chi connectivity index (χ1) is 8.56. The predicted octanol–water partition coefficient (Wildman–Crippen LogP) is 2.26. The number of rotatable bonds is 4. The molecule has 18 heavy (non-hydrogen) atoms. The van der Waals surface area contributed by atoms with Crippen LogP contribution in [0.2, 0.25) is 0 Å². The largest absolute Gasteiger partial charge is 0.483 e. The molecule has 1 N–H and O–H groups in total. The highest BCUT2D eigenvalue weighted by molar-refractivity contribution is 14.1. The van der Waals surface area contributed by atoms with Crippen LogP contribution in [-0.4, -0.2) is 21.3 Å². The molecule has 0 spiro atoms. The smallest absolute Gasteiger partial charge is 0.335 e. The van der Waals surface area contributed by atoms with Gasteiger partial charge in [-0.15, -0.1) is 10.2 Å². The number of hydrogen-bond acceptors (Lipinski definition) is 5. The molecule has 0 aliphatic heterocycles. The molecule has 2 rings (SSSR count). The zero-order valence-corrected chi connectivity index (χ0v) is 11.5. The van der Waals surface area contributed by atoms with Crippen molar-refractivity contribution < 1.29 is 19.1 Å². The van der Waals surface area contributed by atoms with Crippen LogP contribution < -0.4 is 4.74 Å². The van der Waals surface area contributed by atoms with Gasteiger partial charge in [0.05, 0.1) is 9.13 Å². The summed E-state index contributed by atoms with van der Waals surface area (Å²) in [5.41, 5.74) is 0.173. The molecule has 0 aliphatic carbocycles. The van der Waals surface area contributed by atoms with Crippen LogP contribution in [-0.2, 0) is 6.61 Å². The third-order valence-electron chi connectivity index (χ3n) is 2.10. The number of carbonyl (C=O) groups is 1. The van der Waals surface area contributed by atoms with E-state index in [-0.39, 0.29) is 12.2 Å². The van der Waals surface area contributed by atoms with Crippen LogP contribution in [0.3, 0.4) is 0 Å². The van der Waals surface area contributed by atoms with Gasteiger partial charge in [0.1, 0.15) is 5.75 Å². The second kappa shape index (κ2) is 5.34. The van der Waals surface area contributed by atoms with Crippen LogP contribution in [0.25, 0.3) is 0 Å². The van der Waals surface area contributed by atoms with Gasteiger partial charge in [0.2, 0.25) is 5.89 Å². The highest BCUT2D eigenvalue weighted by Crippen LogP contribution is 2.23. The van der Waals surface area contributed by atoms with Crippen molar-refractivity contribution in [3.8, 4) is 5.75 Å². The van der Waals surface area contributed by atoms with Crippen molar-refractivity contribution in [2.75, 3.05) is 0 Å². The van der Waals surface area contributed by atoms with E-state index >= 15 is 0 Å². The van der Waals surface area contributed by atoms with Crippen molar-refractivity contribution in [2.24, 2.45) is 0 Å². The minimum Gasteiger partial charge on any atom is -0.483 e. The van der Waals surface area contributed by atoms with Crippen LogP contribution in [0.15, 0.2) is 22.6 Å². The molecule has 0 unspecified atom stereocenters. The first-order valence-corrected chi connectivity index (χ1v) is 6.09. The van der Waals surface area contributed by atoms with E-state index < -0.39 is 5.97 Å². The van der Waals surface area contributed by atoms with Crippen LogP contribution >= 0.6 is 22.6 Å². The van der Waals surface area contributed by atoms with Crippen molar-refractivity contribution in [2.45, 2.75) is 13.5 Å². The highest BCUT2D eigenvalue weighted by atomic mass is 127. The normalized spacial score (nSPS) is 10.3. The molecule has 0 fully saturated rings. The Kier molecular flexibility index (Phi) is 3.80. The molecule has 1 aromatic heterocycles. The monoisotopic (exact) mass is 360 g/mol. The number of aryl methyl sites for hydroxylation is 1. The standard InChI is InChI=1S/C11H9IN2O4/c1-6-13-14-10(18-6)5-17-9-4-7(11(15)16)2-3-8(9)12/h2-4H,5H2,1H3,(H,15,16). The summed E-state index contributed by atoms with van der Waals surface area (Å²) in [7, 11) is 0. The van der Waals surface area contributed by atoms with Crippen molar-refractivity contribution >= 4 is 28.6 Å². The fourth-order valence-electron chi connectivity index (χ4n) is 1.28. The van der Waals surface area contributed by atoms with Gasteiger partial charge in [-0.25, -0.2) is 4.79 Å². The summed E-state index contributed by atoms with van der Waals surface area (Å²) in [5, 5.41) is 16.4. The molecule has 94 valence electrons. The number of ether oxygens (including phenoxy) is 1. The number of carboxylic acids is 1. The van der Waals surface area contributed by atoms with Gasteiger partial charge in [0.15, 0.2) is 6.61 Å². The summed E-state index contributed by atoms with van der Waals surface area (Å²) in [6, 6.07) is 4.67. The van der Waals surface area contributed by atoms with Crippen molar-refractivity contribution in [1.29, 1.82) is 0 Å². The van der Waals surface area contributed by atoms with E-state index in [1.807, 2.05) is 0 Å². The van der Waals surface area contributed by atoms with Gasteiger partial charge in [-0.2, -0.15) is 0 Å². The lowest BCUT2D eigenvalue weighted by atomic mass is 10.2. The molecule has 6 nitrogen and oxygen atoms in total. The zero-order chi connectivity index (χ0) is 13.1. The maximum atomic E-state index is 10.8. The third kappa shape index (κ3) is 2.97. The van der Waals surface area contributed by atoms with Gasteiger partial charge in [-0.05, 0) is 40.8 Å². The fraction of sp³-hybridized carbons (Fsp3) is 0.182. The van der Waals surface area contributed by atoms with E-state index in [0.29, 0.717) is 17.5 Å². The SMILES string of the molecule is Cc1nnc(COc2cc(C(=O)O)ccc2I)o1. The number of halogens is 1. The summed E-state index contributed by atoms with van der Waals surface area (Å²) in [5.74, 6) is 0.294. The molecule has 0 bridgehead atoms. The number of hydrogen-bond donors (Lipinski definition) is 1. The van der Waals surface area contributed by atoms with E-state index in [0.717, 1.165) is 3.57 Å². The first kappa shape index (κ1) is 12.8. The Balaban J connectivity index is 2.13. The Morgan fingerprint density at radius 2 is 2.28 bits per heavy atom. The molecule has 0 saturated heterocycles. The Bertz CT molecular complexity index is 582. The molecule has 0 amide bonds. The molecular weight excluding hydrogens is 351 g/mol. The lowest BCUT2D eigenvalue weighted by molar-refractivity contribution is 0.0696. The molecule has 2 aromatic rings. The number of carboxylic acid groups (broad SMARTS) is 1. The van der Waals surface area contributed by atoms with Crippen molar-refractivity contribution in [1.82, 2.24) is 10.2 Å². The molecule has 1 heterocycles. The quantitative estimate of drug-likeness (QED) is 0.842. The average Bonchev–Trinajstić information content (AvgIpc) is 2.74. The molecule has 7 heteroatoms. The number of aromatic carboxylic acids is 1. The maximum Gasteiger partial charge on any atom is 0.335 e. The Hall–Kier alpha value is -1.64. The molecular formula is C11H9IN2O4. The van der Waals surface area contributed by atoms with Crippen LogP contribution in [0, 0.1) is 10.5 Å². The summed E-state index contributed by atoms with van der Waals surface area (Å²) >= 11 is 2.06. The highest BCUT2D eigenvalue weighted by Gasteiger charge is 2.09. The van der Waals surface area contributed by atoms with E-state index in [1.165, 1.54) is 12.1 Å². The van der Waals surface area contributed by atoms with Gasteiger partial charge in [0, 0.05) is 6.92 Å². The van der Waals surface area contributed by atoms with Gasteiger partial charge in [-0.1, -0.05) is 0 Å². The molecule has 0 radical (unpaired) electrons. The Labute approximate surface area is 116 Å². The summed E-state index contributed by atoms with van der Waals surface area (Å²) in [6.45, 7) is 1.80. The number of benzene rings is 1. The van der Waals surface area contributed by atoms with Crippen LogP contribution in [0.4, 0.5) is 0 Å². The molecule has 0 saturated carbocycles. The van der Waals surface area contributed by atoms with Gasteiger partial charge in [-0.3, -0.25) is 0 Å². The van der Waals surface area contributed by atoms with Gasteiger partial charge < -0.3 is 14.3 Å².